The Bertz CT molecular complexity index is 926. The van der Waals surface area contributed by atoms with E-state index >= 15 is 0 Å². The van der Waals surface area contributed by atoms with Crippen molar-refractivity contribution in [3.63, 3.8) is 0 Å². The van der Waals surface area contributed by atoms with Gasteiger partial charge in [-0.25, -0.2) is 0 Å². The molecule has 0 fully saturated rings. The molecular formula is C21H24ClN3OS. The summed E-state index contributed by atoms with van der Waals surface area (Å²) in [6.07, 6.45) is -0.187. The van der Waals surface area contributed by atoms with Gasteiger partial charge < -0.3 is 9.30 Å². The number of aromatic nitrogens is 3. The molecule has 0 aliphatic carbocycles. The lowest BCUT2D eigenvalue weighted by atomic mass is 10.1. The van der Waals surface area contributed by atoms with Crippen LogP contribution in [0, 0.1) is 13.8 Å². The molecule has 2 aromatic carbocycles. The van der Waals surface area contributed by atoms with Crippen molar-refractivity contribution in [3.05, 3.63) is 70.0 Å². The molecule has 0 aliphatic heterocycles. The van der Waals surface area contributed by atoms with Crippen LogP contribution in [0.25, 0.3) is 0 Å². The smallest absolute Gasteiger partial charge is 0.191 e. The van der Waals surface area contributed by atoms with E-state index < -0.39 is 0 Å². The van der Waals surface area contributed by atoms with Crippen molar-refractivity contribution in [2.75, 3.05) is 0 Å². The Kier molecular flexibility index (Phi) is 6.45. The summed E-state index contributed by atoms with van der Waals surface area (Å²) in [5.41, 5.74) is 3.44. The van der Waals surface area contributed by atoms with Gasteiger partial charge in [-0.2, -0.15) is 0 Å². The molecule has 0 N–H and O–H groups in total. The maximum absolute atomic E-state index is 6.26. The molecule has 142 valence electrons. The molecule has 1 heterocycles. The molecule has 0 amide bonds. The maximum atomic E-state index is 6.26. The summed E-state index contributed by atoms with van der Waals surface area (Å²) in [4.78, 5) is 0. The molecule has 4 nitrogen and oxygen atoms in total. The number of benzene rings is 2. The zero-order chi connectivity index (χ0) is 19.4. The summed E-state index contributed by atoms with van der Waals surface area (Å²) in [5.74, 6) is 2.47. The van der Waals surface area contributed by atoms with E-state index in [1.54, 1.807) is 11.8 Å². The number of aryl methyl sites for hydroxylation is 2. The molecule has 0 spiro atoms. The summed E-state index contributed by atoms with van der Waals surface area (Å²) in [5, 5.41) is 10.4. The summed E-state index contributed by atoms with van der Waals surface area (Å²) >= 11 is 7.90. The van der Waals surface area contributed by atoms with E-state index in [-0.39, 0.29) is 6.10 Å². The van der Waals surface area contributed by atoms with Crippen LogP contribution in [0.15, 0.2) is 47.6 Å². The number of thioether (sulfide) groups is 1. The van der Waals surface area contributed by atoms with Crippen LogP contribution in [0.4, 0.5) is 0 Å². The van der Waals surface area contributed by atoms with Gasteiger partial charge in [-0.15, -0.1) is 10.2 Å². The lowest BCUT2D eigenvalue weighted by molar-refractivity contribution is 0.208. The molecule has 0 radical (unpaired) electrons. The summed E-state index contributed by atoms with van der Waals surface area (Å²) < 4.78 is 8.28. The van der Waals surface area contributed by atoms with Gasteiger partial charge in [0, 0.05) is 17.3 Å². The quantitative estimate of drug-likeness (QED) is 0.455. The van der Waals surface area contributed by atoms with Gasteiger partial charge in [0.25, 0.3) is 0 Å². The first-order chi connectivity index (χ1) is 13.0. The van der Waals surface area contributed by atoms with Gasteiger partial charge in [-0.3, -0.25) is 0 Å². The van der Waals surface area contributed by atoms with E-state index in [2.05, 4.69) is 47.7 Å². The van der Waals surface area contributed by atoms with E-state index in [0.717, 1.165) is 45.2 Å². The van der Waals surface area contributed by atoms with E-state index in [9.17, 15) is 0 Å². The Morgan fingerprint density at radius 2 is 1.93 bits per heavy atom. The minimum absolute atomic E-state index is 0.187. The monoisotopic (exact) mass is 401 g/mol. The molecule has 0 aliphatic rings. The minimum Gasteiger partial charge on any atom is -0.482 e. The molecule has 6 heteroatoms. The van der Waals surface area contributed by atoms with Crippen LogP contribution < -0.4 is 4.74 Å². The highest BCUT2D eigenvalue weighted by molar-refractivity contribution is 7.98. The third kappa shape index (κ3) is 4.66. The SMILES string of the molecule is CCn1c(SCc2ccccc2Cl)nnc1C(C)Oc1ccc(C)cc1C. The second-order valence-corrected chi connectivity index (χ2v) is 7.84. The fraction of sp³-hybridized carbons (Fsp3) is 0.333. The molecule has 1 atom stereocenters. The van der Waals surface area contributed by atoms with E-state index in [1.807, 2.05) is 37.3 Å². The standard InChI is InChI=1S/C21H24ClN3OS/c1-5-25-20(16(4)26-19-11-10-14(2)12-15(19)3)23-24-21(25)27-13-17-8-6-7-9-18(17)22/h6-12,16H,5,13H2,1-4H3. The van der Waals surface area contributed by atoms with Crippen molar-refractivity contribution in [2.45, 2.75) is 51.3 Å². The van der Waals surface area contributed by atoms with Crippen LogP contribution in [0.3, 0.4) is 0 Å². The van der Waals surface area contributed by atoms with Gasteiger partial charge in [0.2, 0.25) is 0 Å². The van der Waals surface area contributed by atoms with E-state index in [1.165, 1.54) is 5.56 Å². The van der Waals surface area contributed by atoms with Gasteiger partial charge in [0.05, 0.1) is 0 Å². The lowest BCUT2D eigenvalue weighted by Crippen LogP contribution is -2.12. The average molecular weight is 402 g/mol. The first-order valence-electron chi connectivity index (χ1n) is 9.02. The number of rotatable bonds is 7. The van der Waals surface area contributed by atoms with Crippen LogP contribution in [-0.2, 0) is 12.3 Å². The normalized spacial score (nSPS) is 12.2. The number of ether oxygens (including phenoxy) is 1. The molecule has 0 saturated carbocycles. The fourth-order valence-corrected chi connectivity index (χ4v) is 4.23. The molecule has 1 unspecified atom stereocenters. The Labute approximate surface area is 169 Å². The molecule has 0 saturated heterocycles. The molecule has 1 aromatic heterocycles. The second kappa shape index (κ2) is 8.81. The summed E-state index contributed by atoms with van der Waals surface area (Å²) in [7, 11) is 0. The molecule has 3 aromatic rings. The van der Waals surface area contributed by atoms with E-state index in [0.29, 0.717) is 0 Å². The van der Waals surface area contributed by atoms with Crippen molar-refractivity contribution < 1.29 is 4.74 Å². The topological polar surface area (TPSA) is 39.9 Å². The van der Waals surface area contributed by atoms with E-state index in [4.69, 9.17) is 16.3 Å². The van der Waals surface area contributed by atoms with Crippen LogP contribution in [0.1, 0.15) is 42.5 Å². The lowest BCUT2D eigenvalue weighted by Gasteiger charge is -2.17. The molecular weight excluding hydrogens is 378 g/mol. The van der Waals surface area contributed by atoms with Crippen LogP contribution in [0.5, 0.6) is 5.75 Å². The highest BCUT2D eigenvalue weighted by Gasteiger charge is 2.19. The van der Waals surface area contributed by atoms with Crippen molar-refractivity contribution in [1.82, 2.24) is 14.8 Å². The van der Waals surface area contributed by atoms with Gasteiger partial charge in [0.1, 0.15) is 5.75 Å². The molecule has 27 heavy (non-hydrogen) atoms. The maximum Gasteiger partial charge on any atom is 0.191 e. The summed E-state index contributed by atoms with van der Waals surface area (Å²) in [6.45, 7) is 9.03. The highest BCUT2D eigenvalue weighted by Crippen LogP contribution is 2.29. The zero-order valence-electron chi connectivity index (χ0n) is 16.1. The van der Waals surface area contributed by atoms with Crippen molar-refractivity contribution in [1.29, 1.82) is 0 Å². The predicted octanol–water partition coefficient (Wildman–Crippen LogP) is 6.00. The Morgan fingerprint density at radius 1 is 1.15 bits per heavy atom. The van der Waals surface area contributed by atoms with Crippen LogP contribution in [-0.4, -0.2) is 14.8 Å². The van der Waals surface area contributed by atoms with Crippen LogP contribution >= 0.6 is 23.4 Å². The molecule has 3 rings (SSSR count). The Balaban J connectivity index is 1.75. The van der Waals surface area contributed by atoms with Gasteiger partial charge in [0.15, 0.2) is 17.1 Å². The van der Waals surface area contributed by atoms with Crippen LogP contribution in [0.2, 0.25) is 5.02 Å². The highest BCUT2D eigenvalue weighted by atomic mass is 35.5. The third-order valence-corrected chi connectivity index (χ3v) is 5.76. The second-order valence-electron chi connectivity index (χ2n) is 6.49. The van der Waals surface area contributed by atoms with Crippen molar-refractivity contribution in [3.8, 4) is 5.75 Å². The number of hydrogen-bond donors (Lipinski definition) is 0. The first kappa shape index (κ1) is 19.8. The minimum atomic E-state index is -0.187. The number of halogens is 1. The largest absolute Gasteiger partial charge is 0.482 e. The summed E-state index contributed by atoms with van der Waals surface area (Å²) in [6, 6.07) is 14.1. The van der Waals surface area contributed by atoms with Gasteiger partial charge in [-0.05, 0) is 51.0 Å². The Hall–Kier alpha value is -1.98. The average Bonchev–Trinajstić information content (AvgIpc) is 3.06. The number of nitrogens with zero attached hydrogens (tertiary/aromatic N) is 3. The van der Waals surface area contributed by atoms with Gasteiger partial charge in [-0.1, -0.05) is 59.3 Å². The molecule has 0 bridgehead atoms. The zero-order valence-corrected chi connectivity index (χ0v) is 17.6. The van der Waals surface area contributed by atoms with Crippen molar-refractivity contribution >= 4 is 23.4 Å². The number of hydrogen-bond acceptors (Lipinski definition) is 4. The first-order valence-corrected chi connectivity index (χ1v) is 10.4. The predicted molar refractivity (Wildman–Crippen MR) is 112 cm³/mol. The van der Waals surface area contributed by atoms with Gasteiger partial charge >= 0.3 is 0 Å². The fourth-order valence-electron chi connectivity index (χ4n) is 2.94. The Morgan fingerprint density at radius 3 is 2.63 bits per heavy atom. The van der Waals surface area contributed by atoms with Crippen molar-refractivity contribution in [2.24, 2.45) is 0 Å². The third-order valence-electron chi connectivity index (χ3n) is 4.37.